The summed E-state index contributed by atoms with van der Waals surface area (Å²) in [6.45, 7) is 5.24. The summed E-state index contributed by atoms with van der Waals surface area (Å²) in [5.41, 5.74) is 1.90. The van der Waals surface area contributed by atoms with E-state index in [9.17, 15) is 13.2 Å². The Morgan fingerprint density at radius 3 is 2.27 bits per heavy atom. The normalized spacial score (nSPS) is 18.2. The summed E-state index contributed by atoms with van der Waals surface area (Å²) in [4.78, 5) is 17.7. The van der Waals surface area contributed by atoms with Gasteiger partial charge in [0, 0.05) is 50.6 Å². The Morgan fingerprint density at radius 2 is 1.64 bits per heavy atom. The molecule has 2 aromatic carbocycles. The lowest BCUT2D eigenvalue weighted by atomic mass is 10.1. The molecule has 0 unspecified atom stereocenters. The maximum absolute atomic E-state index is 13.0. The van der Waals surface area contributed by atoms with Gasteiger partial charge in [0.05, 0.1) is 30.8 Å². The number of hydrogen-bond acceptors (Lipinski definition) is 7. The Kier molecular flexibility index (Phi) is 7.18. The third kappa shape index (κ3) is 5.30. The van der Waals surface area contributed by atoms with Crippen LogP contribution in [-0.2, 0) is 14.8 Å². The molecular formula is C23H30N4O5S. The van der Waals surface area contributed by atoms with Crippen molar-refractivity contribution in [2.45, 2.75) is 4.90 Å². The molecule has 4 rings (SSSR count). The van der Waals surface area contributed by atoms with Crippen molar-refractivity contribution < 1.29 is 22.7 Å². The zero-order valence-corrected chi connectivity index (χ0v) is 19.8. The van der Waals surface area contributed by atoms with Gasteiger partial charge in [-0.05, 0) is 49.5 Å². The molecule has 1 N–H and O–H groups in total. The number of likely N-dealkylation sites (N-methyl/N-ethyl adjacent to an activating group) is 1. The van der Waals surface area contributed by atoms with E-state index in [0.717, 1.165) is 31.9 Å². The van der Waals surface area contributed by atoms with Crippen LogP contribution in [-0.4, -0.2) is 90.2 Å². The number of morpholine rings is 1. The highest BCUT2D eigenvalue weighted by Gasteiger charge is 2.28. The number of hydrogen-bond donors (Lipinski definition) is 1. The maximum atomic E-state index is 13.0. The summed E-state index contributed by atoms with van der Waals surface area (Å²) in [6.07, 6.45) is 0. The minimum Gasteiger partial charge on any atom is -0.496 e. The van der Waals surface area contributed by atoms with E-state index in [1.807, 2.05) is 24.3 Å². The molecule has 33 heavy (non-hydrogen) atoms. The molecule has 0 radical (unpaired) electrons. The van der Waals surface area contributed by atoms with Gasteiger partial charge in [-0.2, -0.15) is 4.31 Å². The minimum absolute atomic E-state index is 0.0563. The molecule has 10 heteroatoms. The number of anilines is 2. The molecule has 0 aromatic heterocycles. The Balaban J connectivity index is 1.51. The van der Waals surface area contributed by atoms with Crippen LogP contribution < -0.4 is 15.0 Å². The lowest BCUT2D eigenvalue weighted by Gasteiger charge is -2.34. The van der Waals surface area contributed by atoms with E-state index >= 15 is 0 Å². The summed E-state index contributed by atoms with van der Waals surface area (Å²) in [6, 6.07) is 12.0. The monoisotopic (exact) mass is 474 g/mol. The first-order chi connectivity index (χ1) is 15.9. The number of amides is 1. The molecule has 178 valence electrons. The fraction of sp³-hybridized carbons (Fsp3) is 0.435. The van der Waals surface area contributed by atoms with Crippen LogP contribution in [0.3, 0.4) is 0 Å². The van der Waals surface area contributed by atoms with Gasteiger partial charge in [0.25, 0.3) is 5.91 Å². The van der Waals surface area contributed by atoms with Crippen LogP contribution in [0.1, 0.15) is 10.4 Å². The van der Waals surface area contributed by atoms with E-state index < -0.39 is 15.9 Å². The quantitative estimate of drug-likeness (QED) is 0.682. The molecule has 2 heterocycles. The highest BCUT2D eigenvalue weighted by Crippen LogP contribution is 2.27. The van der Waals surface area contributed by atoms with Crippen molar-refractivity contribution in [3.8, 4) is 5.75 Å². The Bertz CT molecular complexity index is 1080. The van der Waals surface area contributed by atoms with Gasteiger partial charge in [0.15, 0.2) is 0 Å². The standard InChI is InChI=1S/C23H30N4O5S/c1-25-9-11-26(12-10-25)19-5-3-18(4-6-19)24-23(28)21-17-20(7-8-22(21)31-2)33(29,30)27-13-15-32-16-14-27/h3-8,17H,9-16H2,1-2H3,(H,24,28). The molecule has 2 aliphatic heterocycles. The summed E-state index contributed by atoms with van der Waals surface area (Å²) in [5, 5.41) is 2.85. The maximum Gasteiger partial charge on any atom is 0.259 e. The lowest BCUT2D eigenvalue weighted by Crippen LogP contribution is -2.44. The van der Waals surface area contributed by atoms with Crippen LogP contribution in [0.5, 0.6) is 5.75 Å². The number of sulfonamides is 1. The minimum atomic E-state index is -3.73. The van der Waals surface area contributed by atoms with Gasteiger partial charge in [-0.1, -0.05) is 0 Å². The van der Waals surface area contributed by atoms with Crippen LogP contribution in [0.15, 0.2) is 47.4 Å². The average Bonchev–Trinajstić information content (AvgIpc) is 2.85. The van der Waals surface area contributed by atoms with Gasteiger partial charge < -0.3 is 24.6 Å². The van der Waals surface area contributed by atoms with Crippen molar-refractivity contribution in [3.05, 3.63) is 48.0 Å². The average molecular weight is 475 g/mol. The topological polar surface area (TPSA) is 91.4 Å². The van der Waals surface area contributed by atoms with Gasteiger partial charge in [-0.15, -0.1) is 0 Å². The zero-order chi connectivity index (χ0) is 23.4. The first-order valence-corrected chi connectivity index (χ1v) is 12.4. The van der Waals surface area contributed by atoms with Crippen LogP contribution in [0.25, 0.3) is 0 Å². The molecule has 2 aromatic rings. The molecule has 0 atom stereocenters. The second kappa shape index (κ2) is 10.1. The second-order valence-corrected chi connectivity index (χ2v) is 10.1. The fourth-order valence-corrected chi connectivity index (χ4v) is 5.41. The summed E-state index contributed by atoms with van der Waals surface area (Å²) in [5.74, 6) is -0.124. The summed E-state index contributed by atoms with van der Waals surface area (Å²) in [7, 11) is -0.161. The first kappa shape index (κ1) is 23.5. The summed E-state index contributed by atoms with van der Waals surface area (Å²) < 4.78 is 38.0. The number of carbonyl (C=O) groups excluding carboxylic acids is 1. The van der Waals surface area contributed by atoms with E-state index in [1.165, 1.54) is 29.6 Å². The van der Waals surface area contributed by atoms with Crippen molar-refractivity contribution in [1.29, 1.82) is 0 Å². The Labute approximate surface area is 194 Å². The predicted molar refractivity (Wildman–Crippen MR) is 127 cm³/mol. The van der Waals surface area contributed by atoms with Gasteiger partial charge in [0.1, 0.15) is 5.75 Å². The number of methoxy groups -OCH3 is 1. The van der Waals surface area contributed by atoms with Crippen molar-refractivity contribution in [1.82, 2.24) is 9.21 Å². The van der Waals surface area contributed by atoms with E-state index in [2.05, 4.69) is 22.2 Å². The van der Waals surface area contributed by atoms with Crippen LogP contribution in [0, 0.1) is 0 Å². The molecule has 2 fully saturated rings. The molecular weight excluding hydrogens is 444 g/mol. The number of benzene rings is 2. The molecule has 0 aliphatic carbocycles. The highest BCUT2D eigenvalue weighted by atomic mass is 32.2. The fourth-order valence-electron chi connectivity index (χ4n) is 3.98. The van der Waals surface area contributed by atoms with Crippen molar-refractivity contribution in [2.75, 3.05) is 76.9 Å². The predicted octanol–water partition coefficient (Wildman–Crippen LogP) is 1.72. The van der Waals surface area contributed by atoms with Crippen molar-refractivity contribution in [2.24, 2.45) is 0 Å². The number of carbonyl (C=O) groups is 1. The second-order valence-electron chi connectivity index (χ2n) is 8.17. The van der Waals surface area contributed by atoms with Gasteiger partial charge >= 0.3 is 0 Å². The number of nitrogens with zero attached hydrogens (tertiary/aromatic N) is 3. The lowest BCUT2D eigenvalue weighted by molar-refractivity contribution is 0.0730. The zero-order valence-electron chi connectivity index (χ0n) is 19.0. The number of piperazine rings is 1. The number of rotatable bonds is 6. The highest BCUT2D eigenvalue weighted by molar-refractivity contribution is 7.89. The molecule has 0 spiro atoms. The van der Waals surface area contributed by atoms with Crippen LogP contribution in [0.4, 0.5) is 11.4 Å². The Morgan fingerprint density at radius 1 is 0.970 bits per heavy atom. The molecule has 0 bridgehead atoms. The van der Waals surface area contributed by atoms with Gasteiger partial charge in [-0.3, -0.25) is 4.79 Å². The molecule has 0 saturated carbocycles. The molecule has 1 amide bonds. The first-order valence-electron chi connectivity index (χ1n) is 11.0. The van der Waals surface area contributed by atoms with Crippen molar-refractivity contribution >= 4 is 27.3 Å². The van der Waals surface area contributed by atoms with Gasteiger partial charge in [0.2, 0.25) is 10.0 Å². The third-order valence-corrected chi connectivity index (χ3v) is 7.91. The van der Waals surface area contributed by atoms with Crippen molar-refractivity contribution in [3.63, 3.8) is 0 Å². The van der Waals surface area contributed by atoms with E-state index in [-0.39, 0.29) is 23.5 Å². The SMILES string of the molecule is COc1ccc(S(=O)(=O)N2CCOCC2)cc1C(=O)Nc1ccc(N2CCN(C)CC2)cc1. The van der Waals surface area contributed by atoms with E-state index in [1.54, 1.807) is 0 Å². The van der Waals surface area contributed by atoms with E-state index in [4.69, 9.17) is 9.47 Å². The summed E-state index contributed by atoms with van der Waals surface area (Å²) >= 11 is 0. The van der Waals surface area contributed by atoms with Crippen LogP contribution >= 0.6 is 0 Å². The van der Waals surface area contributed by atoms with Gasteiger partial charge in [-0.25, -0.2) is 8.42 Å². The number of ether oxygens (including phenoxy) is 2. The van der Waals surface area contributed by atoms with Crippen LogP contribution in [0.2, 0.25) is 0 Å². The van der Waals surface area contributed by atoms with E-state index in [0.29, 0.717) is 24.7 Å². The Hall–Kier alpha value is -2.66. The smallest absolute Gasteiger partial charge is 0.259 e. The third-order valence-electron chi connectivity index (χ3n) is 6.02. The largest absolute Gasteiger partial charge is 0.496 e. The molecule has 9 nitrogen and oxygen atoms in total. The molecule has 2 saturated heterocycles. The molecule has 2 aliphatic rings. The number of nitrogens with one attached hydrogen (secondary N) is 1.